The molecule has 0 aromatic heterocycles. The molecule has 0 aliphatic carbocycles. The monoisotopic (exact) mass is 238 g/mol. The van der Waals surface area contributed by atoms with E-state index < -0.39 is 0 Å². The molecule has 0 radical (unpaired) electrons. The number of aliphatic hydroxyl groups is 2. The number of aliphatic hydroxyl groups excluding tert-OH is 2. The van der Waals surface area contributed by atoms with Gasteiger partial charge in [-0.3, -0.25) is 0 Å². The maximum atomic E-state index is 10.3. The second kappa shape index (κ2) is 7.76. The average molecular weight is 238 g/mol. The van der Waals surface area contributed by atoms with E-state index in [-0.39, 0.29) is 13.2 Å². The number of nitrogens with zero attached hydrogens (tertiary/aromatic N) is 2. The molecule has 0 saturated heterocycles. The number of hydrogen-bond acceptors (Lipinski definition) is 5. The molecule has 0 atom stereocenters. The van der Waals surface area contributed by atoms with Gasteiger partial charge in [-0.15, -0.1) is 4.91 Å². The molecule has 0 bridgehead atoms. The number of rotatable bonds is 8. The third-order valence-corrected chi connectivity index (χ3v) is 2.49. The SMILES string of the molecule is O=Nc1ccc(N(CCCO)CCCO)cc1. The van der Waals surface area contributed by atoms with E-state index in [9.17, 15) is 4.91 Å². The van der Waals surface area contributed by atoms with Crippen LogP contribution in [0.1, 0.15) is 12.8 Å². The minimum absolute atomic E-state index is 0.142. The quantitative estimate of drug-likeness (QED) is 0.675. The van der Waals surface area contributed by atoms with Gasteiger partial charge < -0.3 is 15.1 Å². The maximum Gasteiger partial charge on any atom is 0.108 e. The Morgan fingerprint density at radius 2 is 1.53 bits per heavy atom. The molecule has 17 heavy (non-hydrogen) atoms. The first kappa shape index (κ1) is 13.6. The van der Waals surface area contributed by atoms with Crippen molar-refractivity contribution >= 4 is 11.4 Å². The number of hydrogen-bond donors (Lipinski definition) is 2. The van der Waals surface area contributed by atoms with E-state index in [4.69, 9.17) is 10.2 Å². The lowest BCUT2D eigenvalue weighted by Crippen LogP contribution is -2.26. The molecule has 0 spiro atoms. The Labute approximate surface area is 101 Å². The van der Waals surface area contributed by atoms with E-state index in [2.05, 4.69) is 10.1 Å². The van der Waals surface area contributed by atoms with Crippen LogP contribution in [-0.2, 0) is 0 Å². The predicted octanol–water partition coefficient (Wildman–Crippen LogP) is 1.66. The predicted molar refractivity (Wildman–Crippen MR) is 67.5 cm³/mol. The molecule has 5 heteroatoms. The van der Waals surface area contributed by atoms with Crippen molar-refractivity contribution in [2.75, 3.05) is 31.2 Å². The minimum Gasteiger partial charge on any atom is -0.396 e. The highest BCUT2D eigenvalue weighted by atomic mass is 16.3. The lowest BCUT2D eigenvalue weighted by atomic mass is 10.2. The fraction of sp³-hybridized carbons (Fsp3) is 0.500. The van der Waals surface area contributed by atoms with Crippen LogP contribution in [0.15, 0.2) is 29.4 Å². The van der Waals surface area contributed by atoms with Crippen LogP contribution >= 0.6 is 0 Å². The Morgan fingerprint density at radius 3 is 1.94 bits per heavy atom. The van der Waals surface area contributed by atoms with Gasteiger partial charge in [-0.2, -0.15) is 0 Å². The summed E-state index contributed by atoms with van der Waals surface area (Å²) in [4.78, 5) is 12.4. The average Bonchev–Trinajstić information content (AvgIpc) is 2.39. The summed E-state index contributed by atoms with van der Waals surface area (Å²) in [6.45, 7) is 1.74. The van der Waals surface area contributed by atoms with Crippen molar-refractivity contribution in [2.45, 2.75) is 12.8 Å². The third kappa shape index (κ3) is 4.50. The highest BCUT2D eigenvalue weighted by Gasteiger charge is 2.05. The number of benzene rings is 1. The summed E-state index contributed by atoms with van der Waals surface area (Å²) in [5, 5.41) is 20.5. The van der Waals surface area contributed by atoms with Gasteiger partial charge in [0.2, 0.25) is 0 Å². The summed E-state index contributed by atoms with van der Waals surface area (Å²) in [6.07, 6.45) is 1.36. The summed E-state index contributed by atoms with van der Waals surface area (Å²) in [7, 11) is 0. The first-order valence-corrected chi connectivity index (χ1v) is 5.72. The third-order valence-electron chi connectivity index (χ3n) is 2.49. The Morgan fingerprint density at radius 1 is 1.00 bits per heavy atom. The van der Waals surface area contributed by atoms with Crippen LogP contribution in [-0.4, -0.2) is 36.5 Å². The van der Waals surface area contributed by atoms with Crippen LogP contribution in [0.3, 0.4) is 0 Å². The first-order valence-electron chi connectivity index (χ1n) is 5.72. The molecule has 2 N–H and O–H groups in total. The van der Waals surface area contributed by atoms with Crippen LogP contribution in [0.4, 0.5) is 11.4 Å². The first-order chi connectivity index (χ1) is 8.31. The Hall–Kier alpha value is -1.46. The second-order valence-electron chi connectivity index (χ2n) is 3.75. The highest BCUT2D eigenvalue weighted by Crippen LogP contribution is 2.20. The molecule has 1 aromatic carbocycles. The second-order valence-corrected chi connectivity index (χ2v) is 3.75. The number of anilines is 1. The van der Waals surface area contributed by atoms with Crippen LogP contribution in [0.2, 0.25) is 0 Å². The van der Waals surface area contributed by atoms with E-state index in [1.165, 1.54) is 0 Å². The molecule has 0 saturated carbocycles. The van der Waals surface area contributed by atoms with E-state index >= 15 is 0 Å². The molecule has 94 valence electrons. The molecule has 0 aliphatic rings. The summed E-state index contributed by atoms with van der Waals surface area (Å²) in [5.41, 5.74) is 1.37. The zero-order chi connectivity index (χ0) is 12.5. The van der Waals surface area contributed by atoms with Gasteiger partial charge in [0.25, 0.3) is 0 Å². The van der Waals surface area contributed by atoms with Crippen molar-refractivity contribution in [1.82, 2.24) is 0 Å². The molecule has 1 aromatic rings. The molecule has 1 rings (SSSR count). The topological polar surface area (TPSA) is 73.1 Å². The molecule has 0 aliphatic heterocycles. The lowest BCUT2D eigenvalue weighted by molar-refractivity contribution is 0.282. The number of nitroso groups, excluding NO2 is 1. The van der Waals surface area contributed by atoms with Gasteiger partial charge in [0, 0.05) is 32.0 Å². The van der Waals surface area contributed by atoms with E-state index in [0.717, 1.165) is 18.8 Å². The van der Waals surface area contributed by atoms with Gasteiger partial charge in [-0.1, -0.05) is 0 Å². The largest absolute Gasteiger partial charge is 0.396 e. The highest BCUT2D eigenvalue weighted by molar-refractivity contribution is 5.52. The molecule has 5 nitrogen and oxygen atoms in total. The van der Waals surface area contributed by atoms with Gasteiger partial charge in [-0.05, 0) is 42.3 Å². The molecule has 0 unspecified atom stereocenters. The van der Waals surface area contributed by atoms with Gasteiger partial charge in [0.05, 0.1) is 0 Å². The summed E-state index contributed by atoms with van der Waals surface area (Å²) in [5.74, 6) is 0. The van der Waals surface area contributed by atoms with Crippen molar-refractivity contribution in [2.24, 2.45) is 5.18 Å². The smallest absolute Gasteiger partial charge is 0.108 e. The van der Waals surface area contributed by atoms with Crippen molar-refractivity contribution < 1.29 is 10.2 Å². The normalized spacial score (nSPS) is 10.2. The van der Waals surface area contributed by atoms with E-state index in [1.807, 2.05) is 12.1 Å². The van der Waals surface area contributed by atoms with Crippen LogP contribution in [0, 0.1) is 4.91 Å². The zero-order valence-corrected chi connectivity index (χ0v) is 9.75. The molecule has 0 heterocycles. The van der Waals surface area contributed by atoms with Gasteiger partial charge in [0.1, 0.15) is 5.69 Å². The molecular formula is C12H18N2O3. The van der Waals surface area contributed by atoms with Crippen molar-refractivity contribution in [1.29, 1.82) is 0 Å². The molecule has 0 amide bonds. The Balaban J connectivity index is 2.68. The lowest BCUT2D eigenvalue weighted by Gasteiger charge is -2.24. The fourth-order valence-electron chi connectivity index (χ4n) is 1.62. The van der Waals surface area contributed by atoms with Crippen LogP contribution in [0.5, 0.6) is 0 Å². The molecular weight excluding hydrogens is 220 g/mol. The van der Waals surface area contributed by atoms with Crippen LogP contribution < -0.4 is 4.90 Å². The summed E-state index contributed by atoms with van der Waals surface area (Å²) < 4.78 is 0. The van der Waals surface area contributed by atoms with Gasteiger partial charge in [-0.25, -0.2) is 0 Å². The fourth-order valence-corrected chi connectivity index (χ4v) is 1.62. The van der Waals surface area contributed by atoms with Gasteiger partial charge in [0.15, 0.2) is 0 Å². The van der Waals surface area contributed by atoms with Gasteiger partial charge >= 0.3 is 0 Å². The maximum absolute atomic E-state index is 10.3. The van der Waals surface area contributed by atoms with Crippen molar-refractivity contribution in [3.05, 3.63) is 29.2 Å². The van der Waals surface area contributed by atoms with Crippen molar-refractivity contribution in [3.63, 3.8) is 0 Å². The van der Waals surface area contributed by atoms with E-state index in [0.29, 0.717) is 18.5 Å². The zero-order valence-electron chi connectivity index (χ0n) is 9.75. The Kier molecular flexibility index (Phi) is 6.21. The van der Waals surface area contributed by atoms with E-state index in [1.54, 1.807) is 12.1 Å². The minimum atomic E-state index is 0.142. The standard InChI is InChI=1S/C12H18N2O3/c15-9-1-7-14(8-2-10-16)12-5-3-11(13-17)4-6-12/h3-6,15-16H,1-2,7-10H2. The molecule has 0 fully saturated rings. The summed E-state index contributed by atoms with van der Waals surface area (Å²) >= 11 is 0. The van der Waals surface area contributed by atoms with Crippen LogP contribution in [0.25, 0.3) is 0 Å². The summed E-state index contributed by atoms with van der Waals surface area (Å²) in [6, 6.07) is 6.97. The van der Waals surface area contributed by atoms with Crippen molar-refractivity contribution in [3.8, 4) is 0 Å². The Bertz CT molecular complexity index is 319.